The van der Waals surface area contributed by atoms with Gasteiger partial charge in [0.1, 0.15) is 0 Å². The topological polar surface area (TPSA) is 12.0 Å². The largest absolute Gasteiger partial charge is 0.362 e. The molecule has 2 heteroatoms. The third kappa shape index (κ3) is 5.17. The molecule has 1 fully saturated rings. The Bertz CT molecular complexity index is 303. The van der Waals surface area contributed by atoms with Crippen LogP contribution in [0, 0.1) is 0 Å². The van der Waals surface area contributed by atoms with E-state index in [0.717, 1.165) is 10.7 Å². The fraction of sp³-hybridized carbons (Fsp3) is 0.429. The minimum atomic E-state index is 0.371. The van der Waals surface area contributed by atoms with E-state index in [1.54, 1.807) is 12.1 Å². The summed E-state index contributed by atoms with van der Waals surface area (Å²) >= 11 is 0. The SMILES string of the molecule is C=CC1=CC=CC=CN1.CC1(C)CCC[SiH2]1. The van der Waals surface area contributed by atoms with Crippen LogP contribution in [0.25, 0.3) is 0 Å². The zero-order valence-corrected chi connectivity index (χ0v) is 11.9. The maximum absolute atomic E-state index is 3.63. The van der Waals surface area contributed by atoms with Crippen LogP contribution < -0.4 is 5.32 Å². The highest BCUT2D eigenvalue weighted by molar-refractivity contribution is 6.40. The molecule has 1 saturated heterocycles. The Morgan fingerprint density at radius 1 is 1.38 bits per heavy atom. The van der Waals surface area contributed by atoms with Crippen molar-refractivity contribution in [2.45, 2.75) is 37.8 Å². The molecule has 2 aliphatic heterocycles. The van der Waals surface area contributed by atoms with Crippen LogP contribution in [0.15, 0.2) is 48.9 Å². The predicted molar refractivity (Wildman–Crippen MR) is 76.3 cm³/mol. The van der Waals surface area contributed by atoms with Gasteiger partial charge < -0.3 is 5.32 Å². The van der Waals surface area contributed by atoms with Crippen LogP contribution in [-0.4, -0.2) is 9.52 Å². The molecule has 0 aromatic carbocycles. The zero-order valence-electron chi connectivity index (χ0n) is 10.5. The smallest absolute Gasteiger partial charge is 0.0373 e. The van der Waals surface area contributed by atoms with Crippen molar-refractivity contribution >= 4 is 9.52 Å². The van der Waals surface area contributed by atoms with E-state index < -0.39 is 0 Å². The number of hydrogen-bond donors (Lipinski definition) is 1. The van der Waals surface area contributed by atoms with Gasteiger partial charge in [0, 0.05) is 21.4 Å². The first kappa shape index (κ1) is 13.0. The first-order valence-corrected chi connectivity index (χ1v) is 7.77. The van der Waals surface area contributed by atoms with Crippen LogP contribution in [0.1, 0.15) is 26.7 Å². The number of rotatable bonds is 1. The molecule has 0 aliphatic carbocycles. The Labute approximate surface area is 102 Å². The quantitative estimate of drug-likeness (QED) is 0.685. The summed E-state index contributed by atoms with van der Waals surface area (Å²) < 4.78 is 0. The molecule has 0 amide bonds. The fourth-order valence-corrected chi connectivity index (χ4v) is 3.89. The Balaban J connectivity index is 0.000000165. The van der Waals surface area contributed by atoms with Crippen LogP contribution in [0.4, 0.5) is 0 Å². The average Bonchev–Trinajstić information content (AvgIpc) is 2.55. The molecule has 0 radical (unpaired) electrons. The van der Waals surface area contributed by atoms with E-state index in [1.165, 1.54) is 12.8 Å². The molecule has 0 spiro atoms. The van der Waals surface area contributed by atoms with Crippen LogP contribution in [-0.2, 0) is 0 Å². The standard InChI is InChI=1S/C8H9N.C6H14Si/c1-2-8-6-4-3-5-7-9-8;1-6(2)4-3-5-7-6/h2-7,9H,1H2;3-5,7H2,1-2H3. The van der Waals surface area contributed by atoms with Gasteiger partial charge in [0.05, 0.1) is 0 Å². The van der Waals surface area contributed by atoms with E-state index in [-0.39, 0.29) is 0 Å². The predicted octanol–water partition coefficient (Wildman–Crippen LogP) is 3.30. The van der Waals surface area contributed by atoms with E-state index >= 15 is 0 Å². The third-order valence-electron chi connectivity index (χ3n) is 3.02. The van der Waals surface area contributed by atoms with Crippen LogP contribution >= 0.6 is 0 Å². The summed E-state index contributed by atoms with van der Waals surface area (Å²) in [6.45, 7) is 8.47. The second-order valence-electron chi connectivity index (χ2n) is 5.09. The fourth-order valence-electron chi connectivity index (χ4n) is 1.93. The highest BCUT2D eigenvalue weighted by Crippen LogP contribution is 2.37. The molecule has 0 unspecified atom stereocenters. The summed E-state index contributed by atoms with van der Waals surface area (Å²) in [7, 11) is 0.371. The van der Waals surface area contributed by atoms with Gasteiger partial charge in [0.25, 0.3) is 0 Å². The van der Waals surface area contributed by atoms with Gasteiger partial charge in [0.15, 0.2) is 0 Å². The van der Waals surface area contributed by atoms with E-state index in [9.17, 15) is 0 Å². The normalized spacial score (nSPS) is 22.8. The van der Waals surface area contributed by atoms with Crippen molar-refractivity contribution < 1.29 is 0 Å². The lowest BCUT2D eigenvalue weighted by Crippen LogP contribution is -2.02. The summed E-state index contributed by atoms with van der Waals surface area (Å²) in [4.78, 5) is 0. The minimum Gasteiger partial charge on any atom is -0.362 e. The molecule has 2 rings (SSSR count). The second kappa shape index (κ2) is 6.54. The number of allylic oxidation sites excluding steroid dienone is 5. The average molecular weight is 233 g/mol. The molecule has 2 aliphatic rings. The number of nitrogens with one attached hydrogen (secondary N) is 1. The maximum atomic E-state index is 3.63. The molecule has 0 aromatic heterocycles. The third-order valence-corrected chi connectivity index (χ3v) is 5.58. The molecule has 88 valence electrons. The van der Waals surface area contributed by atoms with Crippen molar-refractivity contribution in [1.82, 2.24) is 5.32 Å². The van der Waals surface area contributed by atoms with Gasteiger partial charge in [-0.3, -0.25) is 0 Å². The van der Waals surface area contributed by atoms with Crippen molar-refractivity contribution in [3.8, 4) is 0 Å². The zero-order chi connectivity index (χ0) is 11.9. The Morgan fingerprint density at radius 2 is 2.19 bits per heavy atom. The molecule has 2 heterocycles. The summed E-state index contributed by atoms with van der Waals surface area (Å²) in [5, 5.41) is 3.86. The minimum absolute atomic E-state index is 0.371. The number of hydrogen-bond acceptors (Lipinski definition) is 1. The van der Waals surface area contributed by atoms with E-state index in [0.29, 0.717) is 9.52 Å². The van der Waals surface area contributed by atoms with Crippen molar-refractivity contribution in [1.29, 1.82) is 0 Å². The van der Waals surface area contributed by atoms with Gasteiger partial charge in [-0.1, -0.05) is 51.5 Å². The van der Waals surface area contributed by atoms with Crippen molar-refractivity contribution in [2.24, 2.45) is 0 Å². The molecule has 0 saturated carbocycles. The van der Waals surface area contributed by atoms with Crippen molar-refractivity contribution in [2.75, 3.05) is 0 Å². The second-order valence-corrected chi connectivity index (χ2v) is 8.21. The molecule has 16 heavy (non-hydrogen) atoms. The lowest BCUT2D eigenvalue weighted by Gasteiger charge is -2.13. The van der Waals surface area contributed by atoms with E-state index in [2.05, 4.69) is 25.7 Å². The molecule has 1 N–H and O–H groups in total. The lowest BCUT2D eigenvalue weighted by atomic mass is 10.1. The highest BCUT2D eigenvalue weighted by Gasteiger charge is 2.22. The van der Waals surface area contributed by atoms with Gasteiger partial charge in [-0.15, -0.1) is 0 Å². The van der Waals surface area contributed by atoms with E-state index in [1.807, 2.05) is 30.5 Å². The molecular weight excluding hydrogens is 210 g/mol. The van der Waals surface area contributed by atoms with Gasteiger partial charge in [0.2, 0.25) is 0 Å². The Kier molecular flexibility index (Phi) is 5.33. The summed E-state index contributed by atoms with van der Waals surface area (Å²) in [6, 6.07) is 1.60. The molecular formula is C14H23NSi. The summed E-state index contributed by atoms with van der Waals surface area (Å²) in [6.07, 6.45) is 14.5. The first-order chi connectivity index (χ1) is 7.64. The van der Waals surface area contributed by atoms with Gasteiger partial charge >= 0.3 is 0 Å². The lowest BCUT2D eigenvalue weighted by molar-refractivity contribution is 0.637. The monoisotopic (exact) mass is 233 g/mol. The Morgan fingerprint density at radius 3 is 2.69 bits per heavy atom. The van der Waals surface area contributed by atoms with Gasteiger partial charge in [-0.2, -0.15) is 0 Å². The molecule has 0 atom stereocenters. The summed E-state index contributed by atoms with van der Waals surface area (Å²) in [5.41, 5.74) is 1.03. The van der Waals surface area contributed by atoms with E-state index in [4.69, 9.17) is 0 Å². The van der Waals surface area contributed by atoms with Crippen molar-refractivity contribution in [3.05, 3.63) is 48.9 Å². The molecule has 0 bridgehead atoms. The molecule has 1 nitrogen and oxygen atoms in total. The van der Waals surface area contributed by atoms with Crippen molar-refractivity contribution in [3.63, 3.8) is 0 Å². The van der Waals surface area contributed by atoms with Crippen LogP contribution in [0.5, 0.6) is 0 Å². The highest BCUT2D eigenvalue weighted by atomic mass is 28.2. The van der Waals surface area contributed by atoms with Crippen LogP contribution in [0.2, 0.25) is 11.1 Å². The van der Waals surface area contributed by atoms with Crippen LogP contribution in [0.3, 0.4) is 0 Å². The van der Waals surface area contributed by atoms with Gasteiger partial charge in [-0.25, -0.2) is 0 Å². The Hall–Kier alpha value is -1.02. The summed E-state index contributed by atoms with van der Waals surface area (Å²) in [5.74, 6) is 0. The molecule has 0 aromatic rings. The first-order valence-electron chi connectivity index (χ1n) is 6.06. The van der Waals surface area contributed by atoms with Gasteiger partial charge in [-0.05, 0) is 23.3 Å². The maximum Gasteiger partial charge on any atom is 0.0373 e.